The van der Waals surface area contributed by atoms with E-state index in [-0.39, 0.29) is 11.7 Å². The van der Waals surface area contributed by atoms with Crippen molar-refractivity contribution in [1.82, 2.24) is 10.2 Å². The molecular formula is C19H20BrFN2O. The molecule has 0 aromatic heterocycles. The highest BCUT2D eigenvalue weighted by Crippen LogP contribution is 2.16. The summed E-state index contributed by atoms with van der Waals surface area (Å²) in [5.41, 5.74) is 2.61. The molecule has 0 aliphatic carbocycles. The smallest absolute Gasteiger partial charge is 0.244 e. The van der Waals surface area contributed by atoms with Gasteiger partial charge >= 0.3 is 0 Å². The molecule has 0 saturated heterocycles. The third-order valence-electron chi connectivity index (χ3n) is 3.43. The molecule has 0 aliphatic heterocycles. The van der Waals surface area contributed by atoms with Gasteiger partial charge in [0, 0.05) is 29.2 Å². The summed E-state index contributed by atoms with van der Waals surface area (Å²) in [6, 6.07) is 12.6. The van der Waals surface area contributed by atoms with Crippen LogP contribution in [0.3, 0.4) is 0 Å². The van der Waals surface area contributed by atoms with Gasteiger partial charge in [-0.3, -0.25) is 4.79 Å². The molecule has 0 atom stereocenters. The van der Waals surface area contributed by atoms with Gasteiger partial charge in [0.05, 0.1) is 0 Å². The molecule has 2 rings (SSSR count). The van der Waals surface area contributed by atoms with Crippen LogP contribution in [-0.2, 0) is 17.9 Å². The Kier molecular flexibility index (Phi) is 6.70. The number of carbonyl (C=O) groups is 1. The number of nitrogens with zero attached hydrogens (tertiary/aromatic N) is 1. The fourth-order valence-corrected chi connectivity index (χ4v) is 2.65. The molecular weight excluding hydrogens is 371 g/mol. The lowest BCUT2D eigenvalue weighted by atomic mass is 10.1. The van der Waals surface area contributed by atoms with Crippen LogP contribution < -0.4 is 5.32 Å². The van der Waals surface area contributed by atoms with Crippen LogP contribution >= 0.6 is 15.9 Å². The Morgan fingerprint density at radius 3 is 2.62 bits per heavy atom. The minimum atomic E-state index is -0.362. The van der Waals surface area contributed by atoms with Crippen LogP contribution in [0.1, 0.15) is 16.7 Å². The standard InChI is InChI=1S/C19H20BrFN2O/c1-23(2)13-16-6-4-3-5-15(16)12-22-19(24)10-7-14-11-17(20)8-9-18(14)21/h3-11H,12-13H2,1-2H3,(H,22,24)/b10-7+. The van der Waals surface area contributed by atoms with Gasteiger partial charge in [-0.05, 0) is 49.5 Å². The quantitative estimate of drug-likeness (QED) is 0.756. The normalized spacial score (nSPS) is 11.2. The summed E-state index contributed by atoms with van der Waals surface area (Å²) in [6.45, 7) is 1.25. The van der Waals surface area contributed by atoms with Crippen LogP contribution in [0.5, 0.6) is 0 Å². The molecule has 1 N–H and O–H groups in total. The van der Waals surface area contributed by atoms with Crippen molar-refractivity contribution >= 4 is 27.9 Å². The van der Waals surface area contributed by atoms with Gasteiger partial charge in [0.2, 0.25) is 5.91 Å². The molecule has 1 amide bonds. The lowest BCUT2D eigenvalue weighted by Gasteiger charge is -2.14. The predicted octanol–water partition coefficient (Wildman–Crippen LogP) is 3.98. The number of nitrogens with one attached hydrogen (secondary N) is 1. The maximum atomic E-state index is 13.6. The van der Waals surface area contributed by atoms with Crippen molar-refractivity contribution in [2.45, 2.75) is 13.1 Å². The molecule has 0 unspecified atom stereocenters. The van der Waals surface area contributed by atoms with Crippen LogP contribution in [0, 0.1) is 5.82 Å². The summed E-state index contributed by atoms with van der Waals surface area (Å²) in [7, 11) is 4.01. The molecule has 126 valence electrons. The third kappa shape index (κ3) is 5.58. The number of hydrogen-bond donors (Lipinski definition) is 1. The van der Waals surface area contributed by atoms with E-state index in [4.69, 9.17) is 0 Å². The Bertz CT molecular complexity index is 744. The summed E-state index contributed by atoms with van der Waals surface area (Å²) in [4.78, 5) is 14.1. The first-order valence-corrected chi connectivity index (χ1v) is 8.37. The van der Waals surface area contributed by atoms with Crippen molar-refractivity contribution < 1.29 is 9.18 Å². The molecule has 0 heterocycles. The summed E-state index contributed by atoms with van der Waals surface area (Å²) in [5.74, 6) is -0.618. The Morgan fingerprint density at radius 2 is 1.92 bits per heavy atom. The Hall–Kier alpha value is -1.98. The maximum absolute atomic E-state index is 13.6. The fourth-order valence-electron chi connectivity index (χ4n) is 2.27. The lowest BCUT2D eigenvalue weighted by Crippen LogP contribution is -2.22. The molecule has 0 spiro atoms. The van der Waals surface area contributed by atoms with E-state index in [1.807, 2.05) is 38.4 Å². The first-order chi connectivity index (χ1) is 11.5. The van der Waals surface area contributed by atoms with Crippen LogP contribution in [0.2, 0.25) is 0 Å². The molecule has 24 heavy (non-hydrogen) atoms. The highest BCUT2D eigenvalue weighted by Gasteiger charge is 2.05. The molecule has 0 radical (unpaired) electrons. The SMILES string of the molecule is CN(C)Cc1ccccc1CNC(=O)/C=C/c1cc(Br)ccc1F. The monoisotopic (exact) mass is 390 g/mol. The fraction of sp³-hybridized carbons (Fsp3) is 0.211. The number of halogens is 2. The van der Waals surface area contributed by atoms with Crippen molar-refractivity contribution in [2.75, 3.05) is 14.1 Å². The zero-order chi connectivity index (χ0) is 17.5. The Morgan fingerprint density at radius 1 is 1.21 bits per heavy atom. The van der Waals surface area contributed by atoms with E-state index in [1.54, 1.807) is 12.1 Å². The van der Waals surface area contributed by atoms with Gasteiger partial charge in [-0.1, -0.05) is 40.2 Å². The Balaban J connectivity index is 1.99. The van der Waals surface area contributed by atoms with Crippen molar-refractivity contribution in [1.29, 1.82) is 0 Å². The zero-order valence-electron chi connectivity index (χ0n) is 13.7. The van der Waals surface area contributed by atoms with E-state index in [9.17, 15) is 9.18 Å². The van der Waals surface area contributed by atoms with E-state index in [0.29, 0.717) is 12.1 Å². The van der Waals surface area contributed by atoms with Gasteiger partial charge in [-0.25, -0.2) is 4.39 Å². The number of carbonyl (C=O) groups excluding carboxylic acids is 1. The first kappa shape index (κ1) is 18.4. The minimum Gasteiger partial charge on any atom is -0.348 e. The number of hydrogen-bond acceptors (Lipinski definition) is 2. The van der Waals surface area contributed by atoms with E-state index in [0.717, 1.165) is 16.6 Å². The molecule has 5 heteroatoms. The zero-order valence-corrected chi connectivity index (χ0v) is 15.3. The summed E-state index contributed by atoms with van der Waals surface area (Å²) < 4.78 is 14.4. The molecule has 0 bridgehead atoms. The van der Waals surface area contributed by atoms with Crippen LogP contribution in [0.15, 0.2) is 53.0 Å². The molecule has 3 nitrogen and oxygen atoms in total. The first-order valence-electron chi connectivity index (χ1n) is 7.58. The van der Waals surface area contributed by atoms with Gasteiger partial charge in [0.15, 0.2) is 0 Å². The topological polar surface area (TPSA) is 32.3 Å². The highest BCUT2D eigenvalue weighted by molar-refractivity contribution is 9.10. The summed E-state index contributed by atoms with van der Waals surface area (Å²) >= 11 is 3.29. The van der Waals surface area contributed by atoms with Crippen LogP contribution in [0.4, 0.5) is 4.39 Å². The van der Waals surface area contributed by atoms with Crippen molar-refractivity contribution in [3.05, 3.63) is 75.5 Å². The van der Waals surface area contributed by atoms with E-state index in [1.165, 1.54) is 23.8 Å². The minimum absolute atomic E-state index is 0.256. The second kappa shape index (κ2) is 8.76. The molecule has 0 saturated carbocycles. The number of benzene rings is 2. The molecule has 2 aromatic rings. The molecule has 0 aliphatic rings. The number of rotatable bonds is 6. The van der Waals surface area contributed by atoms with Gasteiger partial charge in [0.25, 0.3) is 0 Å². The number of amides is 1. The van der Waals surface area contributed by atoms with Crippen molar-refractivity contribution in [2.24, 2.45) is 0 Å². The summed E-state index contributed by atoms with van der Waals surface area (Å²) in [5, 5.41) is 2.84. The van der Waals surface area contributed by atoms with Gasteiger partial charge in [0.1, 0.15) is 5.82 Å². The molecule has 0 fully saturated rings. The van der Waals surface area contributed by atoms with Gasteiger partial charge in [-0.2, -0.15) is 0 Å². The average molecular weight is 391 g/mol. The van der Waals surface area contributed by atoms with E-state index in [2.05, 4.69) is 26.1 Å². The Labute approximate surface area is 150 Å². The van der Waals surface area contributed by atoms with Crippen LogP contribution in [0.25, 0.3) is 6.08 Å². The maximum Gasteiger partial charge on any atom is 0.244 e. The highest BCUT2D eigenvalue weighted by atomic mass is 79.9. The third-order valence-corrected chi connectivity index (χ3v) is 3.92. The average Bonchev–Trinajstić information content (AvgIpc) is 2.54. The van der Waals surface area contributed by atoms with Gasteiger partial charge in [-0.15, -0.1) is 0 Å². The molecule has 2 aromatic carbocycles. The van der Waals surface area contributed by atoms with Gasteiger partial charge < -0.3 is 10.2 Å². The largest absolute Gasteiger partial charge is 0.348 e. The predicted molar refractivity (Wildman–Crippen MR) is 98.8 cm³/mol. The second-order valence-corrected chi connectivity index (χ2v) is 6.64. The summed E-state index contributed by atoms with van der Waals surface area (Å²) in [6.07, 6.45) is 2.82. The van der Waals surface area contributed by atoms with Crippen molar-refractivity contribution in [3.8, 4) is 0 Å². The van der Waals surface area contributed by atoms with E-state index < -0.39 is 0 Å². The second-order valence-electron chi connectivity index (χ2n) is 5.72. The van der Waals surface area contributed by atoms with E-state index >= 15 is 0 Å². The van der Waals surface area contributed by atoms with Crippen LogP contribution in [-0.4, -0.2) is 24.9 Å². The lowest BCUT2D eigenvalue weighted by molar-refractivity contribution is -0.116. The van der Waals surface area contributed by atoms with Crippen molar-refractivity contribution in [3.63, 3.8) is 0 Å².